The normalized spacial score (nSPS) is 20.9. The van der Waals surface area contributed by atoms with Crippen LogP contribution in [0.2, 0.25) is 0 Å². The van der Waals surface area contributed by atoms with Crippen molar-refractivity contribution in [1.82, 2.24) is 4.90 Å². The monoisotopic (exact) mass is 280 g/mol. The third-order valence-electron chi connectivity index (χ3n) is 4.16. The van der Waals surface area contributed by atoms with Gasteiger partial charge in [0.25, 0.3) is 0 Å². The van der Waals surface area contributed by atoms with Crippen LogP contribution < -0.4 is 9.64 Å². The lowest BCUT2D eigenvalue weighted by atomic mass is 10.1. The molecule has 0 unspecified atom stereocenters. The number of aryl methyl sites for hydroxylation is 1. The van der Waals surface area contributed by atoms with Crippen molar-refractivity contribution in [3.63, 3.8) is 0 Å². The van der Waals surface area contributed by atoms with Crippen molar-refractivity contribution in [2.24, 2.45) is 0 Å². The molecule has 2 heterocycles. The molecule has 2 fully saturated rings. The zero-order valence-electron chi connectivity index (χ0n) is 12.1. The molecule has 110 valence electrons. The number of piperazine rings is 1. The summed E-state index contributed by atoms with van der Waals surface area (Å²) >= 11 is 0. The van der Waals surface area contributed by atoms with Gasteiger partial charge in [-0.1, -0.05) is 0 Å². The van der Waals surface area contributed by atoms with Crippen molar-refractivity contribution in [2.45, 2.75) is 13.0 Å². The van der Waals surface area contributed by atoms with E-state index in [1.807, 2.05) is 13.0 Å². The van der Waals surface area contributed by atoms with Crippen LogP contribution in [-0.2, 0) is 4.74 Å². The van der Waals surface area contributed by atoms with E-state index in [0.29, 0.717) is 17.5 Å². The third kappa shape index (κ3) is 2.47. The smallest absolute Gasteiger partial charge is 0.150 e. The van der Waals surface area contributed by atoms with Crippen LogP contribution in [0.4, 0.5) is 10.1 Å². The molecule has 1 aromatic rings. The molecule has 2 saturated heterocycles. The second-order valence-electron chi connectivity index (χ2n) is 5.51. The Bertz CT molecular complexity index is 483. The topological polar surface area (TPSA) is 24.9 Å². The summed E-state index contributed by atoms with van der Waals surface area (Å²) in [5.41, 5.74) is 1.48. The van der Waals surface area contributed by atoms with Crippen LogP contribution in [0, 0.1) is 12.7 Å². The summed E-state index contributed by atoms with van der Waals surface area (Å²) < 4.78 is 24.8. The van der Waals surface area contributed by atoms with Crippen molar-refractivity contribution in [3.05, 3.63) is 23.5 Å². The first-order valence-electron chi connectivity index (χ1n) is 7.10. The van der Waals surface area contributed by atoms with E-state index in [-0.39, 0.29) is 5.82 Å². The largest absolute Gasteiger partial charge is 0.494 e. The van der Waals surface area contributed by atoms with Crippen LogP contribution in [0.3, 0.4) is 0 Å². The number of hydrogen-bond donors (Lipinski definition) is 0. The van der Waals surface area contributed by atoms with Crippen LogP contribution in [0.15, 0.2) is 12.1 Å². The number of hydrogen-bond acceptors (Lipinski definition) is 4. The molecule has 0 N–H and O–H groups in total. The van der Waals surface area contributed by atoms with Gasteiger partial charge in [0.15, 0.2) is 5.82 Å². The number of methoxy groups -OCH3 is 1. The molecule has 5 heteroatoms. The summed E-state index contributed by atoms with van der Waals surface area (Å²) in [5.74, 6) is 0.435. The van der Waals surface area contributed by atoms with Gasteiger partial charge >= 0.3 is 0 Å². The maximum atomic E-state index is 14.3. The first-order valence-corrected chi connectivity index (χ1v) is 7.10. The summed E-state index contributed by atoms with van der Waals surface area (Å²) in [6, 6.07) is 4.02. The van der Waals surface area contributed by atoms with Crippen LogP contribution in [0.1, 0.15) is 5.56 Å². The second-order valence-corrected chi connectivity index (χ2v) is 5.51. The molecule has 0 amide bonds. The highest BCUT2D eigenvalue weighted by atomic mass is 19.1. The van der Waals surface area contributed by atoms with Gasteiger partial charge in [0.2, 0.25) is 0 Å². The molecular formula is C15H21FN2O2. The van der Waals surface area contributed by atoms with Crippen LogP contribution in [0.5, 0.6) is 5.75 Å². The van der Waals surface area contributed by atoms with Crippen molar-refractivity contribution < 1.29 is 13.9 Å². The molecule has 2 aliphatic heterocycles. The lowest BCUT2D eigenvalue weighted by Crippen LogP contribution is -2.56. The van der Waals surface area contributed by atoms with Gasteiger partial charge in [-0.2, -0.15) is 0 Å². The third-order valence-corrected chi connectivity index (χ3v) is 4.16. The first-order chi connectivity index (χ1) is 9.69. The summed E-state index contributed by atoms with van der Waals surface area (Å²) in [6.45, 7) is 7.10. The summed E-state index contributed by atoms with van der Waals surface area (Å²) in [6.07, 6.45) is 0. The highest BCUT2D eigenvalue weighted by Gasteiger charge is 2.30. The number of ether oxygens (including phenoxy) is 2. The number of nitrogens with zero attached hydrogens (tertiary/aromatic N) is 2. The van der Waals surface area contributed by atoms with Gasteiger partial charge in [0, 0.05) is 26.2 Å². The Morgan fingerprint density at radius 1 is 1.20 bits per heavy atom. The van der Waals surface area contributed by atoms with Crippen molar-refractivity contribution in [1.29, 1.82) is 0 Å². The zero-order valence-corrected chi connectivity index (χ0v) is 12.1. The van der Waals surface area contributed by atoms with E-state index in [2.05, 4.69) is 9.80 Å². The van der Waals surface area contributed by atoms with Gasteiger partial charge in [-0.05, 0) is 24.6 Å². The Morgan fingerprint density at radius 3 is 2.45 bits per heavy atom. The fourth-order valence-electron chi connectivity index (χ4n) is 2.91. The molecule has 0 aromatic heterocycles. The van der Waals surface area contributed by atoms with Gasteiger partial charge in [-0.15, -0.1) is 0 Å². The molecular weight excluding hydrogens is 259 g/mol. The van der Waals surface area contributed by atoms with E-state index in [9.17, 15) is 4.39 Å². The predicted molar refractivity (Wildman–Crippen MR) is 76.1 cm³/mol. The zero-order chi connectivity index (χ0) is 14.1. The molecule has 0 spiro atoms. The Hall–Kier alpha value is -1.33. The molecule has 1 aromatic carbocycles. The van der Waals surface area contributed by atoms with E-state index in [1.54, 1.807) is 13.2 Å². The van der Waals surface area contributed by atoms with E-state index >= 15 is 0 Å². The maximum absolute atomic E-state index is 14.3. The summed E-state index contributed by atoms with van der Waals surface area (Å²) in [4.78, 5) is 4.52. The first kappa shape index (κ1) is 13.6. The number of rotatable bonds is 3. The number of halogens is 1. The van der Waals surface area contributed by atoms with Crippen molar-refractivity contribution in [2.75, 3.05) is 51.4 Å². The van der Waals surface area contributed by atoms with Crippen LogP contribution >= 0.6 is 0 Å². The molecule has 0 atom stereocenters. The quantitative estimate of drug-likeness (QED) is 0.841. The van der Waals surface area contributed by atoms with Crippen LogP contribution in [0.25, 0.3) is 0 Å². The molecule has 2 aliphatic rings. The van der Waals surface area contributed by atoms with E-state index in [4.69, 9.17) is 9.47 Å². The lowest BCUT2D eigenvalue weighted by Gasteiger charge is -2.43. The minimum Gasteiger partial charge on any atom is -0.494 e. The Balaban J connectivity index is 1.74. The summed E-state index contributed by atoms with van der Waals surface area (Å²) in [5, 5.41) is 0. The van der Waals surface area contributed by atoms with Gasteiger partial charge in [-0.3, -0.25) is 4.90 Å². The highest BCUT2D eigenvalue weighted by Crippen LogP contribution is 2.33. The standard InChI is InChI=1S/C15H21FN2O2/c1-11-7-13(16)15(14(8-11)19-2)18-5-3-17(4-6-18)12-9-20-10-12/h7-8,12H,3-6,9-10H2,1-2H3. The molecule has 0 aliphatic carbocycles. The summed E-state index contributed by atoms with van der Waals surface area (Å²) in [7, 11) is 1.60. The highest BCUT2D eigenvalue weighted by molar-refractivity contribution is 5.61. The Morgan fingerprint density at radius 2 is 1.90 bits per heavy atom. The van der Waals surface area contributed by atoms with Crippen molar-refractivity contribution >= 4 is 5.69 Å². The average molecular weight is 280 g/mol. The maximum Gasteiger partial charge on any atom is 0.150 e. The molecule has 4 nitrogen and oxygen atoms in total. The lowest BCUT2D eigenvalue weighted by molar-refractivity contribution is -0.0661. The van der Waals surface area contributed by atoms with Gasteiger partial charge in [-0.25, -0.2) is 4.39 Å². The van der Waals surface area contributed by atoms with E-state index < -0.39 is 0 Å². The Kier molecular flexibility index (Phi) is 3.81. The van der Waals surface area contributed by atoms with Crippen LogP contribution in [-0.4, -0.2) is 57.4 Å². The fraction of sp³-hybridized carbons (Fsp3) is 0.600. The molecule has 0 bridgehead atoms. The Labute approximate surface area is 119 Å². The van der Waals surface area contributed by atoms with Crippen molar-refractivity contribution in [3.8, 4) is 5.75 Å². The van der Waals surface area contributed by atoms with E-state index in [1.165, 1.54) is 0 Å². The fourth-order valence-corrected chi connectivity index (χ4v) is 2.91. The predicted octanol–water partition coefficient (Wildman–Crippen LogP) is 1.66. The number of benzene rings is 1. The minimum absolute atomic E-state index is 0.192. The number of anilines is 1. The second kappa shape index (κ2) is 5.58. The van der Waals surface area contributed by atoms with Gasteiger partial charge < -0.3 is 14.4 Å². The molecule has 3 rings (SSSR count). The molecule has 20 heavy (non-hydrogen) atoms. The average Bonchev–Trinajstić information content (AvgIpc) is 2.37. The van der Waals surface area contributed by atoms with Gasteiger partial charge in [0.1, 0.15) is 11.4 Å². The molecule has 0 radical (unpaired) electrons. The molecule has 0 saturated carbocycles. The van der Waals surface area contributed by atoms with Gasteiger partial charge in [0.05, 0.1) is 26.4 Å². The minimum atomic E-state index is -0.192. The van der Waals surface area contributed by atoms with E-state index in [0.717, 1.165) is 45.0 Å². The SMILES string of the molecule is COc1cc(C)cc(F)c1N1CCN(C2COC2)CC1.